The van der Waals surface area contributed by atoms with Gasteiger partial charge in [0.2, 0.25) is 5.91 Å². The third-order valence-corrected chi connectivity index (χ3v) is 6.89. The largest absolute Gasteiger partial charge is 0.369 e. The highest BCUT2D eigenvalue weighted by molar-refractivity contribution is 5.86. The molecule has 2 N–H and O–H groups in total. The first-order valence-corrected chi connectivity index (χ1v) is 10.2. The van der Waals surface area contributed by atoms with Crippen LogP contribution in [0.4, 0.5) is 5.69 Å². The Balaban J connectivity index is 0.00000140. The molecule has 0 radical (unpaired) electrons. The lowest BCUT2D eigenvalue weighted by Crippen LogP contribution is -2.50. The summed E-state index contributed by atoms with van der Waals surface area (Å²) < 4.78 is 0. The van der Waals surface area contributed by atoms with E-state index in [1.54, 1.807) is 0 Å². The van der Waals surface area contributed by atoms with Crippen LogP contribution in [0.25, 0.3) is 0 Å². The second-order valence-electron chi connectivity index (χ2n) is 8.36. The van der Waals surface area contributed by atoms with Gasteiger partial charge in [0, 0.05) is 58.0 Å². The number of amides is 1. The molecule has 166 valence electrons. The van der Waals surface area contributed by atoms with Gasteiger partial charge in [-0.05, 0) is 43.2 Å². The normalized spacial score (nSPS) is 28.1. The lowest BCUT2D eigenvalue weighted by atomic mass is 9.84. The first-order chi connectivity index (χ1) is 12.6. The van der Waals surface area contributed by atoms with Gasteiger partial charge in [-0.1, -0.05) is 18.2 Å². The minimum Gasteiger partial charge on any atom is -0.369 e. The van der Waals surface area contributed by atoms with Crippen LogP contribution in [0.15, 0.2) is 30.3 Å². The summed E-state index contributed by atoms with van der Waals surface area (Å²) in [6.45, 7) is 6.00. The number of para-hydroxylation sites is 1. The number of carbonyl (C=O) groups is 1. The van der Waals surface area contributed by atoms with E-state index in [0.29, 0.717) is 11.8 Å². The van der Waals surface area contributed by atoms with E-state index in [2.05, 4.69) is 40.1 Å². The maximum atomic E-state index is 12.9. The molecular weight excluding hydrogens is 431 g/mol. The van der Waals surface area contributed by atoms with Gasteiger partial charge in [0.15, 0.2) is 0 Å². The molecule has 4 unspecified atom stereocenters. The monoisotopic (exact) mass is 464 g/mol. The van der Waals surface area contributed by atoms with Crippen molar-refractivity contribution < 1.29 is 4.79 Å². The molecule has 3 aliphatic rings. The number of benzene rings is 1. The van der Waals surface area contributed by atoms with E-state index in [4.69, 9.17) is 5.73 Å². The Hall–Kier alpha value is -0.720. The number of nitrogens with zero attached hydrogens (tertiary/aromatic N) is 3. The summed E-state index contributed by atoms with van der Waals surface area (Å²) >= 11 is 0. The molecule has 1 heterocycles. The van der Waals surface area contributed by atoms with Gasteiger partial charge in [-0.15, -0.1) is 37.2 Å². The highest BCUT2D eigenvalue weighted by Gasteiger charge is 2.49. The van der Waals surface area contributed by atoms with Crippen molar-refractivity contribution in [3.8, 4) is 0 Å². The van der Waals surface area contributed by atoms with Gasteiger partial charge in [0.1, 0.15) is 0 Å². The molecule has 1 amide bonds. The summed E-state index contributed by atoms with van der Waals surface area (Å²) in [6.07, 6.45) is 3.60. The maximum Gasteiger partial charge on any atom is 0.227 e. The van der Waals surface area contributed by atoms with Crippen LogP contribution in [0.3, 0.4) is 0 Å². The smallest absolute Gasteiger partial charge is 0.227 e. The summed E-state index contributed by atoms with van der Waals surface area (Å²) in [6, 6.07) is 10.7. The average molecular weight is 466 g/mol. The number of fused-ring (bicyclic) bond motifs is 2. The summed E-state index contributed by atoms with van der Waals surface area (Å²) in [7, 11) is 1.96. The fourth-order valence-corrected chi connectivity index (χ4v) is 5.23. The van der Waals surface area contributed by atoms with Crippen LogP contribution >= 0.6 is 37.2 Å². The summed E-state index contributed by atoms with van der Waals surface area (Å²) in [5, 5.41) is 0. The molecule has 8 heteroatoms. The topological polar surface area (TPSA) is 52.8 Å². The molecule has 3 fully saturated rings. The zero-order valence-electron chi connectivity index (χ0n) is 17.1. The number of piperazine rings is 1. The predicted octanol–water partition coefficient (Wildman–Crippen LogP) is 2.91. The number of likely N-dealkylation sites (N-methyl/N-ethyl adjacent to an activating group) is 1. The molecule has 2 saturated carbocycles. The maximum absolute atomic E-state index is 12.9. The van der Waals surface area contributed by atoms with Gasteiger partial charge in [-0.25, -0.2) is 0 Å². The van der Waals surface area contributed by atoms with E-state index >= 15 is 0 Å². The molecule has 0 aromatic heterocycles. The SMILES string of the molecule is CN(CCN1CCN(c2ccccc2)CC1)C(=O)C1C2CCC(C2)C1N.Cl.Cl.Cl. The van der Waals surface area contributed by atoms with Crippen LogP contribution in [0.2, 0.25) is 0 Å². The quantitative estimate of drug-likeness (QED) is 0.726. The first kappa shape index (κ1) is 26.3. The Morgan fingerprint density at radius 1 is 1.03 bits per heavy atom. The molecule has 5 nitrogen and oxygen atoms in total. The van der Waals surface area contributed by atoms with Crippen LogP contribution in [0.5, 0.6) is 0 Å². The van der Waals surface area contributed by atoms with Crippen molar-refractivity contribution in [1.29, 1.82) is 0 Å². The molecule has 1 aromatic rings. The van der Waals surface area contributed by atoms with E-state index in [1.165, 1.54) is 24.9 Å². The van der Waals surface area contributed by atoms with Crippen molar-refractivity contribution in [3.63, 3.8) is 0 Å². The van der Waals surface area contributed by atoms with Gasteiger partial charge >= 0.3 is 0 Å². The number of rotatable bonds is 5. The minimum atomic E-state index is 0. The number of nitrogens with two attached hydrogens (primary N) is 1. The van der Waals surface area contributed by atoms with Crippen LogP contribution in [-0.2, 0) is 4.79 Å². The number of carbonyl (C=O) groups excluding carboxylic acids is 1. The van der Waals surface area contributed by atoms with E-state index < -0.39 is 0 Å². The molecule has 29 heavy (non-hydrogen) atoms. The minimum absolute atomic E-state index is 0. The molecular formula is C21H35Cl3N4O. The van der Waals surface area contributed by atoms with Crippen molar-refractivity contribution in [3.05, 3.63) is 30.3 Å². The van der Waals surface area contributed by atoms with Gasteiger partial charge < -0.3 is 15.5 Å². The van der Waals surface area contributed by atoms with Crippen molar-refractivity contribution in [2.45, 2.75) is 25.3 Å². The number of hydrogen-bond acceptors (Lipinski definition) is 4. The van der Waals surface area contributed by atoms with Crippen molar-refractivity contribution in [1.82, 2.24) is 9.80 Å². The van der Waals surface area contributed by atoms with Crippen molar-refractivity contribution >= 4 is 48.8 Å². The fourth-order valence-electron chi connectivity index (χ4n) is 5.23. The van der Waals surface area contributed by atoms with E-state index in [0.717, 1.165) is 39.3 Å². The second-order valence-corrected chi connectivity index (χ2v) is 8.36. The predicted molar refractivity (Wildman–Crippen MR) is 127 cm³/mol. The molecule has 1 saturated heterocycles. The molecule has 0 spiro atoms. The van der Waals surface area contributed by atoms with Gasteiger partial charge in [0.05, 0.1) is 5.92 Å². The number of anilines is 1. The summed E-state index contributed by atoms with van der Waals surface area (Å²) in [5.41, 5.74) is 7.66. The van der Waals surface area contributed by atoms with Crippen LogP contribution in [0.1, 0.15) is 19.3 Å². The van der Waals surface area contributed by atoms with E-state index in [1.807, 2.05) is 11.9 Å². The number of hydrogen-bond donors (Lipinski definition) is 1. The van der Waals surface area contributed by atoms with Gasteiger partial charge in [-0.2, -0.15) is 0 Å². The fraction of sp³-hybridized carbons (Fsp3) is 0.667. The lowest BCUT2D eigenvalue weighted by molar-refractivity contribution is -0.136. The standard InChI is InChI=1S/C21H32N4O.3ClH/c1-23(21(26)19-16-7-8-17(15-16)20(19)22)9-10-24-11-13-25(14-12-24)18-5-3-2-4-6-18;;;/h2-6,16-17,19-20H,7-15,22H2,1H3;3*1H. The third kappa shape index (κ3) is 5.71. The Labute approximate surface area is 193 Å². The summed E-state index contributed by atoms with van der Waals surface area (Å²) in [5.74, 6) is 1.49. The second kappa shape index (κ2) is 11.6. The molecule has 4 atom stereocenters. The zero-order valence-corrected chi connectivity index (χ0v) is 19.6. The van der Waals surface area contributed by atoms with Gasteiger partial charge in [-0.3, -0.25) is 9.69 Å². The van der Waals surface area contributed by atoms with E-state index in [-0.39, 0.29) is 55.1 Å². The van der Waals surface area contributed by atoms with Crippen LogP contribution in [0, 0.1) is 17.8 Å². The molecule has 4 rings (SSSR count). The molecule has 1 aliphatic heterocycles. The Morgan fingerprint density at radius 2 is 1.66 bits per heavy atom. The third-order valence-electron chi connectivity index (χ3n) is 6.89. The molecule has 1 aromatic carbocycles. The average Bonchev–Trinajstić information content (AvgIpc) is 3.28. The highest BCUT2D eigenvalue weighted by Crippen LogP contribution is 2.48. The summed E-state index contributed by atoms with van der Waals surface area (Å²) in [4.78, 5) is 19.7. The van der Waals surface area contributed by atoms with Crippen molar-refractivity contribution in [2.24, 2.45) is 23.5 Å². The number of halogens is 3. The zero-order chi connectivity index (χ0) is 18.1. The van der Waals surface area contributed by atoms with Crippen molar-refractivity contribution in [2.75, 3.05) is 51.2 Å². The Kier molecular flexibility index (Phi) is 10.5. The molecule has 2 aliphatic carbocycles. The highest BCUT2D eigenvalue weighted by atomic mass is 35.5. The van der Waals surface area contributed by atoms with Crippen LogP contribution < -0.4 is 10.6 Å². The van der Waals surface area contributed by atoms with Crippen LogP contribution in [-0.4, -0.2) is 68.1 Å². The first-order valence-electron chi connectivity index (χ1n) is 10.2. The molecule has 2 bridgehead atoms. The van der Waals surface area contributed by atoms with E-state index in [9.17, 15) is 4.79 Å². The Morgan fingerprint density at radius 3 is 2.24 bits per heavy atom. The Bertz CT molecular complexity index is 626. The van der Waals surface area contributed by atoms with Gasteiger partial charge in [0.25, 0.3) is 0 Å². The lowest BCUT2D eigenvalue weighted by Gasteiger charge is -2.37.